The van der Waals surface area contributed by atoms with Crippen LogP contribution in [0.25, 0.3) is 0 Å². The van der Waals surface area contributed by atoms with Crippen LogP contribution in [0.5, 0.6) is 0 Å². The van der Waals surface area contributed by atoms with Crippen molar-refractivity contribution in [2.45, 2.75) is 57.7 Å². The maximum absolute atomic E-state index is 12.8. The molecule has 2 atom stereocenters. The Morgan fingerprint density at radius 1 is 1.17 bits per heavy atom. The Balaban J connectivity index is 1.64. The summed E-state index contributed by atoms with van der Waals surface area (Å²) in [7, 11) is 0. The Hall–Kier alpha value is -2.35. The number of Topliss-reactive ketones (excluding diaryl/α,β-unsaturated/α-hetero) is 1. The number of rotatable bonds is 6. The van der Waals surface area contributed by atoms with Gasteiger partial charge in [0.25, 0.3) is 5.91 Å². The molecule has 1 unspecified atom stereocenters. The summed E-state index contributed by atoms with van der Waals surface area (Å²) in [5.41, 5.74) is 0.672. The molecule has 0 radical (unpaired) electrons. The highest BCUT2D eigenvalue weighted by atomic mass is 32.2. The fraction of sp³-hybridized carbons (Fsp3) is 0.545. The molecule has 7 nitrogen and oxygen atoms in total. The molecule has 0 aliphatic carbocycles. The average molecular weight is 432 g/mol. The van der Waals surface area contributed by atoms with Gasteiger partial charge in [0.15, 0.2) is 0 Å². The van der Waals surface area contributed by atoms with E-state index >= 15 is 0 Å². The zero-order valence-corrected chi connectivity index (χ0v) is 18.5. The number of benzene rings is 1. The van der Waals surface area contributed by atoms with E-state index in [1.54, 1.807) is 0 Å². The number of carbonyl (C=O) groups excluding carboxylic acids is 4. The third-order valence-corrected chi connectivity index (χ3v) is 6.28. The quantitative estimate of drug-likeness (QED) is 0.692. The van der Waals surface area contributed by atoms with Crippen molar-refractivity contribution in [3.8, 4) is 0 Å². The SMILES string of the molecule is CC(C)(C)NC(=O)C1CSCN1C(=O)C(=O)CN1C(=O)CC[C@@H]1Cc1ccccc1. The van der Waals surface area contributed by atoms with Crippen LogP contribution in [0.15, 0.2) is 30.3 Å². The molecular weight excluding hydrogens is 402 g/mol. The molecule has 8 heteroatoms. The minimum Gasteiger partial charge on any atom is -0.350 e. The predicted octanol–water partition coefficient (Wildman–Crippen LogP) is 1.61. The first-order chi connectivity index (χ1) is 14.2. The second kappa shape index (κ2) is 9.20. The lowest BCUT2D eigenvalue weighted by Gasteiger charge is -2.28. The zero-order chi connectivity index (χ0) is 21.9. The molecule has 2 heterocycles. The van der Waals surface area contributed by atoms with Crippen LogP contribution in [0.1, 0.15) is 39.2 Å². The van der Waals surface area contributed by atoms with Crippen LogP contribution < -0.4 is 5.32 Å². The van der Waals surface area contributed by atoms with E-state index in [0.717, 1.165) is 5.56 Å². The third kappa shape index (κ3) is 5.41. The fourth-order valence-corrected chi connectivity index (χ4v) is 4.96. The van der Waals surface area contributed by atoms with E-state index in [4.69, 9.17) is 0 Å². The second-order valence-electron chi connectivity index (χ2n) is 8.86. The average Bonchev–Trinajstić information content (AvgIpc) is 3.29. The molecule has 0 saturated carbocycles. The zero-order valence-electron chi connectivity index (χ0n) is 17.7. The normalized spacial score (nSPS) is 21.8. The van der Waals surface area contributed by atoms with E-state index in [0.29, 0.717) is 30.9 Å². The summed E-state index contributed by atoms with van der Waals surface area (Å²) in [6.45, 7) is 5.38. The van der Waals surface area contributed by atoms with Gasteiger partial charge < -0.3 is 15.1 Å². The van der Waals surface area contributed by atoms with Crippen molar-refractivity contribution in [2.75, 3.05) is 18.2 Å². The Morgan fingerprint density at radius 2 is 1.87 bits per heavy atom. The van der Waals surface area contributed by atoms with Crippen molar-refractivity contribution in [3.05, 3.63) is 35.9 Å². The van der Waals surface area contributed by atoms with Crippen LogP contribution in [-0.4, -0.2) is 69.1 Å². The summed E-state index contributed by atoms with van der Waals surface area (Å²) >= 11 is 1.45. The van der Waals surface area contributed by atoms with Gasteiger partial charge in [0.2, 0.25) is 17.6 Å². The third-order valence-electron chi connectivity index (χ3n) is 5.26. The van der Waals surface area contributed by atoms with Crippen LogP contribution in [0.3, 0.4) is 0 Å². The highest BCUT2D eigenvalue weighted by Gasteiger charge is 2.40. The summed E-state index contributed by atoms with van der Waals surface area (Å²) < 4.78 is 0. The number of hydrogen-bond donors (Lipinski definition) is 1. The number of hydrogen-bond acceptors (Lipinski definition) is 5. The second-order valence-corrected chi connectivity index (χ2v) is 9.86. The van der Waals surface area contributed by atoms with E-state index in [9.17, 15) is 19.2 Å². The minimum absolute atomic E-state index is 0.0930. The van der Waals surface area contributed by atoms with Crippen molar-refractivity contribution in [1.82, 2.24) is 15.1 Å². The topological polar surface area (TPSA) is 86.8 Å². The maximum Gasteiger partial charge on any atom is 0.293 e. The first-order valence-corrected chi connectivity index (χ1v) is 11.4. The van der Waals surface area contributed by atoms with Gasteiger partial charge in [-0.1, -0.05) is 30.3 Å². The predicted molar refractivity (Wildman–Crippen MR) is 116 cm³/mol. The molecule has 3 amide bonds. The Kier molecular flexibility index (Phi) is 6.85. The summed E-state index contributed by atoms with van der Waals surface area (Å²) in [5, 5.41) is 2.88. The van der Waals surface area contributed by atoms with Gasteiger partial charge >= 0.3 is 0 Å². The van der Waals surface area contributed by atoms with Crippen molar-refractivity contribution >= 4 is 35.3 Å². The standard InChI is InChI=1S/C22H29N3O4S/c1-22(2,3)23-20(28)17-13-30-14-25(17)21(29)18(26)12-24-16(9-10-19(24)27)11-15-7-5-4-6-8-15/h4-8,16-17H,9-14H2,1-3H3,(H,23,28)/t16-,17?/m1/s1. The van der Waals surface area contributed by atoms with Gasteiger partial charge in [-0.3, -0.25) is 19.2 Å². The monoisotopic (exact) mass is 431 g/mol. The molecule has 0 bridgehead atoms. The van der Waals surface area contributed by atoms with E-state index < -0.39 is 23.3 Å². The highest BCUT2D eigenvalue weighted by Crippen LogP contribution is 2.24. The lowest BCUT2D eigenvalue weighted by molar-refractivity contribution is -0.149. The van der Waals surface area contributed by atoms with Crippen LogP contribution in [0, 0.1) is 0 Å². The van der Waals surface area contributed by atoms with Gasteiger partial charge in [-0.2, -0.15) is 0 Å². The van der Waals surface area contributed by atoms with Gasteiger partial charge in [0.1, 0.15) is 6.04 Å². The molecule has 30 heavy (non-hydrogen) atoms. The maximum atomic E-state index is 12.8. The van der Waals surface area contributed by atoms with Crippen LogP contribution in [-0.2, 0) is 25.6 Å². The fourth-order valence-electron chi connectivity index (χ4n) is 3.80. The Bertz CT molecular complexity index is 821. The molecule has 2 fully saturated rings. The molecular formula is C22H29N3O4S. The molecule has 0 aromatic heterocycles. The Morgan fingerprint density at radius 3 is 2.53 bits per heavy atom. The molecule has 2 aliphatic heterocycles. The van der Waals surface area contributed by atoms with Crippen molar-refractivity contribution in [3.63, 3.8) is 0 Å². The molecule has 1 aromatic carbocycles. The summed E-state index contributed by atoms with van der Waals surface area (Å²) in [6, 6.07) is 9.05. The molecule has 2 aliphatic rings. The highest BCUT2D eigenvalue weighted by molar-refractivity contribution is 7.99. The number of nitrogens with one attached hydrogen (secondary N) is 1. The summed E-state index contributed by atoms with van der Waals surface area (Å²) in [6.07, 6.45) is 1.71. The number of nitrogens with zero attached hydrogens (tertiary/aromatic N) is 2. The largest absolute Gasteiger partial charge is 0.350 e. The number of thioether (sulfide) groups is 1. The van der Waals surface area contributed by atoms with E-state index in [1.807, 2.05) is 51.1 Å². The lowest BCUT2D eigenvalue weighted by Crippen LogP contribution is -2.54. The number of amides is 3. The van der Waals surface area contributed by atoms with Gasteiger partial charge in [-0.05, 0) is 39.2 Å². The Labute approximate surface area is 181 Å². The molecule has 1 N–H and O–H groups in total. The van der Waals surface area contributed by atoms with Crippen molar-refractivity contribution in [2.24, 2.45) is 0 Å². The smallest absolute Gasteiger partial charge is 0.293 e. The van der Waals surface area contributed by atoms with Crippen LogP contribution in [0.4, 0.5) is 0 Å². The summed E-state index contributed by atoms with van der Waals surface area (Å²) in [5.74, 6) is -0.927. The number of carbonyl (C=O) groups is 4. The summed E-state index contributed by atoms with van der Waals surface area (Å²) in [4.78, 5) is 53.4. The van der Waals surface area contributed by atoms with Crippen molar-refractivity contribution in [1.29, 1.82) is 0 Å². The first-order valence-electron chi connectivity index (χ1n) is 10.2. The first kappa shape index (κ1) is 22.3. The minimum atomic E-state index is -0.688. The number of likely N-dealkylation sites (tertiary alicyclic amines) is 1. The molecule has 3 rings (SSSR count). The van der Waals surface area contributed by atoms with Crippen LogP contribution >= 0.6 is 11.8 Å². The van der Waals surface area contributed by atoms with Gasteiger partial charge in [0, 0.05) is 23.8 Å². The molecule has 0 spiro atoms. The number of ketones is 1. The lowest BCUT2D eigenvalue weighted by atomic mass is 10.0. The van der Waals surface area contributed by atoms with Gasteiger partial charge in [-0.25, -0.2) is 0 Å². The van der Waals surface area contributed by atoms with Crippen molar-refractivity contribution < 1.29 is 19.2 Å². The molecule has 1 aromatic rings. The van der Waals surface area contributed by atoms with Gasteiger partial charge in [-0.15, -0.1) is 11.8 Å². The van der Waals surface area contributed by atoms with E-state index in [2.05, 4.69) is 5.32 Å². The molecule has 2 saturated heterocycles. The van der Waals surface area contributed by atoms with Crippen LogP contribution in [0.2, 0.25) is 0 Å². The van der Waals surface area contributed by atoms with E-state index in [1.165, 1.54) is 21.6 Å². The van der Waals surface area contributed by atoms with E-state index in [-0.39, 0.29) is 24.4 Å². The molecule has 162 valence electrons. The van der Waals surface area contributed by atoms with Gasteiger partial charge in [0.05, 0.1) is 12.4 Å².